The zero-order valence-corrected chi connectivity index (χ0v) is 10.6. The van der Waals surface area contributed by atoms with Crippen LogP contribution in [-0.4, -0.2) is 34.8 Å². The van der Waals surface area contributed by atoms with E-state index < -0.39 is 11.8 Å². The highest BCUT2D eigenvalue weighted by atomic mass is 35.5. The lowest BCUT2D eigenvalue weighted by Gasteiger charge is -2.19. The number of nitrogens with two attached hydrogens (primary N) is 1. The van der Waals surface area contributed by atoms with Crippen molar-refractivity contribution < 1.29 is 9.59 Å². The lowest BCUT2D eigenvalue weighted by atomic mass is 10.2. The van der Waals surface area contributed by atoms with Crippen LogP contribution in [0.1, 0.15) is 17.3 Å². The average molecular weight is 276 g/mol. The minimum atomic E-state index is -0.587. The lowest BCUT2D eigenvalue weighted by molar-refractivity contribution is -0.118. The second-order valence-corrected chi connectivity index (χ2v) is 4.07. The Hall–Kier alpha value is -1.33. The number of halogens is 2. The molecule has 0 saturated heterocycles. The number of hydrogen-bond acceptors (Lipinski definition) is 3. The van der Waals surface area contributed by atoms with Crippen molar-refractivity contribution in [3.05, 3.63) is 28.0 Å². The van der Waals surface area contributed by atoms with E-state index in [1.165, 1.54) is 17.2 Å². The highest BCUT2D eigenvalue weighted by Crippen LogP contribution is 2.19. The Kier molecular flexibility index (Phi) is 4.72. The summed E-state index contributed by atoms with van der Waals surface area (Å²) >= 11 is 11.5. The Morgan fingerprint density at radius 1 is 1.47 bits per heavy atom. The SMILES string of the molecule is CCN(CC(N)=O)C(=O)c1cc(Cl)ncc1Cl. The van der Waals surface area contributed by atoms with Gasteiger partial charge in [0.25, 0.3) is 5.91 Å². The maximum Gasteiger partial charge on any atom is 0.255 e. The first-order valence-electron chi connectivity index (χ1n) is 4.84. The molecule has 2 N–H and O–H groups in total. The molecule has 1 aromatic rings. The molecule has 0 bridgehead atoms. The molecule has 1 aromatic heterocycles. The Morgan fingerprint density at radius 2 is 2.12 bits per heavy atom. The van der Waals surface area contributed by atoms with Crippen molar-refractivity contribution in [3.8, 4) is 0 Å². The van der Waals surface area contributed by atoms with Gasteiger partial charge in [-0.05, 0) is 13.0 Å². The third-order valence-electron chi connectivity index (χ3n) is 2.07. The Balaban J connectivity index is 3.01. The topological polar surface area (TPSA) is 76.3 Å². The largest absolute Gasteiger partial charge is 0.368 e. The van der Waals surface area contributed by atoms with E-state index in [0.717, 1.165) is 0 Å². The molecule has 0 aromatic carbocycles. The summed E-state index contributed by atoms with van der Waals surface area (Å²) in [5.74, 6) is -0.989. The zero-order chi connectivity index (χ0) is 13.0. The van der Waals surface area contributed by atoms with Gasteiger partial charge in [0.15, 0.2) is 0 Å². The number of aromatic nitrogens is 1. The van der Waals surface area contributed by atoms with Gasteiger partial charge in [-0.3, -0.25) is 9.59 Å². The van der Waals surface area contributed by atoms with E-state index in [1.807, 2.05) is 0 Å². The van der Waals surface area contributed by atoms with Crippen molar-refractivity contribution in [2.24, 2.45) is 5.73 Å². The number of likely N-dealkylation sites (N-methyl/N-ethyl adjacent to an activating group) is 1. The van der Waals surface area contributed by atoms with Gasteiger partial charge in [0.1, 0.15) is 5.15 Å². The van der Waals surface area contributed by atoms with Crippen molar-refractivity contribution in [2.45, 2.75) is 6.92 Å². The fraction of sp³-hybridized carbons (Fsp3) is 0.300. The molecule has 0 aliphatic carbocycles. The number of carbonyl (C=O) groups excluding carboxylic acids is 2. The third-order valence-corrected chi connectivity index (χ3v) is 2.58. The molecule has 7 heteroatoms. The van der Waals surface area contributed by atoms with Gasteiger partial charge in [-0.15, -0.1) is 0 Å². The summed E-state index contributed by atoms with van der Waals surface area (Å²) in [4.78, 5) is 27.9. The standard InChI is InChI=1S/C10H11Cl2N3O2/c1-2-15(5-9(13)16)10(17)6-3-8(12)14-4-7(6)11/h3-4H,2,5H2,1H3,(H2,13,16). The maximum atomic E-state index is 12.0. The summed E-state index contributed by atoms with van der Waals surface area (Å²) in [6.45, 7) is 1.92. The van der Waals surface area contributed by atoms with Gasteiger partial charge in [-0.25, -0.2) is 4.98 Å². The zero-order valence-electron chi connectivity index (χ0n) is 9.11. The molecule has 0 radical (unpaired) electrons. The quantitative estimate of drug-likeness (QED) is 0.843. The highest BCUT2D eigenvalue weighted by Gasteiger charge is 2.19. The van der Waals surface area contributed by atoms with Gasteiger partial charge >= 0.3 is 0 Å². The molecule has 0 saturated carbocycles. The van der Waals surface area contributed by atoms with E-state index in [9.17, 15) is 9.59 Å². The second kappa shape index (κ2) is 5.84. The normalized spacial score (nSPS) is 10.1. The molecule has 0 aliphatic heterocycles. The van der Waals surface area contributed by atoms with Gasteiger partial charge in [0.2, 0.25) is 5.91 Å². The van der Waals surface area contributed by atoms with Crippen LogP contribution in [0.15, 0.2) is 12.3 Å². The molecule has 0 aliphatic rings. The van der Waals surface area contributed by atoms with E-state index in [4.69, 9.17) is 28.9 Å². The molecule has 0 atom stereocenters. The molecule has 2 amide bonds. The van der Waals surface area contributed by atoms with Gasteiger partial charge in [0, 0.05) is 12.7 Å². The molecule has 0 fully saturated rings. The molecule has 92 valence electrons. The predicted molar refractivity (Wildman–Crippen MR) is 65.0 cm³/mol. The smallest absolute Gasteiger partial charge is 0.255 e. The molecule has 5 nitrogen and oxygen atoms in total. The van der Waals surface area contributed by atoms with Gasteiger partial charge in [-0.1, -0.05) is 23.2 Å². The predicted octanol–water partition coefficient (Wildman–Crippen LogP) is 1.34. The minimum Gasteiger partial charge on any atom is -0.368 e. The summed E-state index contributed by atoms with van der Waals surface area (Å²) in [5, 5.41) is 0.343. The van der Waals surface area contributed by atoms with E-state index in [0.29, 0.717) is 6.54 Å². The Labute approximate surface area is 109 Å². The number of nitrogens with zero attached hydrogens (tertiary/aromatic N) is 2. The van der Waals surface area contributed by atoms with Crippen LogP contribution in [-0.2, 0) is 4.79 Å². The van der Waals surface area contributed by atoms with Crippen molar-refractivity contribution >= 4 is 35.0 Å². The van der Waals surface area contributed by atoms with Crippen LogP contribution in [0.5, 0.6) is 0 Å². The van der Waals surface area contributed by atoms with Crippen molar-refractivity contribution in [2.75, 3.05) is 13.1 Å². The van der Waals surface area contributed by atoms with Crippen LogP contribution in [0.2, 0.25) is 10.2 Å². The number of primary amides is 1. The van der Waals surface area contributed by atoms with Gasteiger partial charge < -0.3 is 10.6 Å². The first-order chi connectivity index (χ1) is 7.95. The molecule has 1 heterocycles. The summed E-state index contributed by atoms with van der Waals surface area (Å²) in [6.07, 6.45) is 1.29. The average Bonchev–Trinajstić information content (AvgIpc) is 2.28. The molecule has 1 rings (SSSR count). The fourth-order valence-electron chi connectivity index (χ4n) is 1.26. The maximum absolute atomic E-state index is 12.0. The van der Waals surface area contributed by atoms with Crippen LogP contribution in [0.4, 0.5) is 0 Å². The number of rotatable bonds is 4. The third kappa shape index (κ3) is 3.57. The summed E-state index contributed by atoms with van der Waals surface area (Å²) < 4.78 is 0. The van der Waals surface area contributed by atoms with E-state index in [2.05, 4.69) is 4.98 Å². The second-order valence-electron chi connectivity index (χ2n) is 3.27. The first kappa shape index (κ1) is 13.7. The molecule has 0 unspecified atom stereocenters. The summed E-state index contributed by atoms with van der Waals surface area (Å²) in [7, 11) is 0. The lowest BCUT2D eigenvalue weighted by Crippen LogP contribution is -2.38. The molecular weight excluding hydrogens is 265 g/mol. The van der Waals surface area contributed by atoms with Crippen LogP contribution >= 0.6 is 23.2 Å². The molecule has 17 heavy (non-hydrogen) atoms. The number of amides is 2. The number of hydrogen-bond donors (Lipinski definition) is 1. The fourth-order valence-corrected chi connectivity index (χ4v) is 1.60. The van der Waals surface area contributed by atoms with E-state index in [1.54, 1.807) is 6.92 Å². The van der Waals surface area contributed by atoms with Crippen LogP contribution in [0.25, 0.3) is 0 Å². The van der Waals surface area contributed by atoms with Crippen LogP contribution in [0, 0.1) is 0 Å². The number of pyridine rings is 1. The molecule has 0 spiro atoms. The van der Waals surface area contributed by atoms with Gasteiger partial charge in [-0.2, -0.15) is 0 Å². The van der Waals surface area contributed by atoms with E-state index >= 15 is 0 Å². The van der Waals surface area contributed by atoms with Crippen molar-refractivity contribution in [3.63, 3.8) is 0 Å². The summed E-state index contributed by atoms with van der Waals surface area (Å²) in [5.41, 5.74) is 5.25. The van der Waals surface area contributed by atoms with E-state index in [-0.39, 0.29) is 22.3 Å². The summed E-state index contributed by atoms with van der Waals surface area (Å²) in [6, 6.07) is 1.36. The number of carbonyl (C=O) groups is 2. The minimum absolute atomic E-state index is 0.160. The molecular formula is C10H11Cl2N3O2. The van der Waals surface area contributed by atoms with Crippen molar-refractivity contribution in [1.82, 2.24) is 9.88 Å². The van der Waals surface area contributed by atoms with Crippen molar-refractivity contribution in [1.29, 1.82) is 0 Å². The van der Waals surface area contributed by atoms with Crippen LogP contribution in [0.3, 0.4) is 0 Å². The first-order valence-corrected chi connectivity index (χ1v) is 5.60. The Morgan fingerprint density at radius 3 is 2.65 bits per heavy atom. The highest BCUT2D eigenvalue weighted by molar-refractivity contribution is 6.35. The Bertz CT molecular complexity index is 451. The van der Waals surface area contributed by atoms with Crippen LogP contribution < -0.4 is 5.73 Å². The van der Waals surface area contributed by atoms with Gasteiger partial charge in [0.05, 0.1) is 17.1 Å². The monoisotopic (exact) mass is 275 g/mol.